The van der Waals surface area contributed by atoms with E-state index >= 15 is 0 Å². The third-order valence-electron chi connectivity index (χ3n) is 3.57. The Morgan fingerprint density at radius 3 is 2.77 bits per heavy atom. The summed E-state index contributed by atoms with van der Waals surface area (Å²) in [5, 5.41) is 0.388. The SMILES string of the molecule is CCOc1c(Cl)cc(C=C2N=C(c3ccccc3Br)OC2=O)cc1OC. The zero-order valence-corrected chi connectivity index (χ0v) is 16.4. The van der Waals surface area contributed by atoms with E-state index in [9.17, 15) is 4.79 Å². The summed E-state index contributed by atoms with van der Waals surface area (Å²) in [6.45, 7) is 2.32. The van der Waals surface area contributed by atoms with Crippen molar-refractivity contribution in [1.82, 2.24) is 0 Å². The van der Waals surface area contributed by atoms with E-state index in [1.54, 1.807) is 18.2 Å². The minimum Gasteiger partial charge on any atom is -0.493 e. The van der Waals surface area contributed by atoms with Gasteiger partial charge in [-0.3, -0.25) is 0 Å². The molecule has 1 heterocycles. The molecule has 2 aromatic rings. The molecule has 0 bridgehead atoms. The summed E-state index contributed by atoms with van der Waals surface area (Å²) in [5.74, 6) is 0.662. The maximum Gasteiger partial charge on any atom is 0.363 e. The minimum absolute atomic E-state index is 0.179. The number of benzene rings is 2. The van der Waals surface area contributed by atoms with Crippen LogP contribution >= 0.6 is 27.5 Å². The molecule has 2 aromatic carbocycles. The average Bonchev–Trinajstić information content (AvgIpc) is 2.98. The first-order chi connectivity index (χ1) is 12.5. The van der Waals surface area contributed by atoms with E-state index in [2.05, 4.69) is 20.9 Å². The van der Waals surface area contributed by atoms with Gasteiger partial charge in [0.1, 0.15) is 0 Å². The van der Waals surface area contributed by atoms with E-state index < -0.39 is 5.97 Å². The predicted molar refractivity (Wildman–Crippen MR) is 104 cm³/mol. The molecule has 0 radical (unpaired) electrons. The van der Waals surface area contributed by atoms with Gasteiger partial charge in [0.05, 0.1) is 24.3 Å². The van der Waals surface area contributed by atoms with Crippen LogP contribution in [0.1, 0.15) is 18.1 Å². The number of ether oxygens (including phenoxy) is 3. The molecule has 3 rings (SSSR count). The monoisotopic (exact) mass is 435 g/mol. The van der Waals surface area contributed by atoms with Crippen molar-refractivity contribution in [3.63, 3.8) is 0 Å². The molecule has 7 heteroatoms. The molecule has 0 saturated carbocycles. The molecule has 0 unspecified atom stereocenters. The molecular weight excluding hydrogens is 422 g/mol. The first kappa shape index (κ1) is 18.5. The number of aliphatic imine (C=N–C) groups is 1. The van der Waals surface area contributed by atoms with Crippen LogP contribution in [-0.4, -0.2) is 25.6 Å². The van der Waals surface area contributed by atoms with Crippen molar-refractivity contribution in [3.8, 4) is 11.5 Å². The second-order valence-electron chi connectivity index (χ2n) is 5.28. The summed E-state index contributed by atoms with van der Waals surface area (Å²) in [6.07, 6.45) is 1.59. The highest BCUT2D eigenvalue weighted by molar-refractivity contribution is 9.10. The van der Waals surface area contributed by atoms with E-state index in [0.29, 0.717) is 34.3 Å². The first-order valence-electron chi connectivity index (χ1n) is 7.81. The molecule has 1 aliphatic heterocycles. The smallest absolute Gasteiger partial charge is 0.363 e. The molecule has 0 N–H and O–H groups in total. The number of rotatable bonds is 5. The fourth-order valence-corrected chi connectivity index (χ4v) is 3.15. The fourth-order valence-electron chi connectivity index (χ4n) is 2.42. The van der Waals surface area contributed by atoms with Crippen LogP contribution in [0.4, 0.5) is 0 Å². The minimum atomic E-state index is -0.528. The number of hydrogen-bond donors (Lipinski definition) is 0. The highest BCUT2D eigenvalue weighted by Gasteiger charge is 2.25. The van der Waals surface area contributed by atoms with Gasteiger partial charge >= 0.3 is 5.97 Å². The topological polar surface area (TPSA) is 57.1 Å². The van der Waals surface area contributed by atoms with Crippen molar-refractivity contribution in [3.05, 3.63) is 62.7 Å². The van der Waals surface area contributed by atoms with Gasteiger partial charge in [0.15, 0.2) is 17.2 Å². The fraction of sp³-hybridized carbons (Fsp3) is 0.158. The zero-order chi connectivity index (χ0) is 18.7. The van der Waals surface area contributed by atoms with Gasteiger partial charge in [0.25, 0.3) is 0 Å². The highest BCUT2D eigenvalue weighted by Crippen LogP contribution is 2.37. The molecule has 26 heavy (non-hydrogen) atoms. The predicted octanol–water partition coefficient (Wildman–Crippen LogP) is 4.85. The van der Waals surface area contributed by atoms with Gasteiger partial charge in [-0.05, 0) is 58.8 Å². The standard InChI is InChI=1S/C19H15BrClNO4/c1-3-25-17-14(21)8-11(10-16(17)24-2)9-15-19(23)26-18(22-15)12-6-4-5-7-13(12)20/h4-10H,3H2,1-2H3. The number of carbonyl (C=O) groups is 1. The zero-order valence-electron chi connectivity index (χ0n) is 14.1. The molecular formula is C19H15BrClNO4. The molecule has 0 amide bonds. The number of cyclic esters (lactones) is 1. The lowest BCUT2D eigenvalue weighted by molar-refractivity contribution is -0.129. The molecule has 0 aromatic heterocycles. The Morgan fingerprint density at radius 1 is 1.31 bits per heavy atom. The van der Waals surface area contributed by atoms with Crippen molar-refractivity contribution in [1.29, 1.82) is 0 Å². The average molecular weight is 437 g/mol. The Kier molecular flexibility index (Phi) is 5.64. The molecule has 0 spiro atoms. The largest absolute Gasteiger partial charge is 0.493 e. The van der Waals surface area contributed by atoms with E-state index in [1.165, 1.54) is 7.11 Å². The number of esters is 1. The normalized spacial score (nSPS) is 15.0. The van der Waals surface area contributed by atoms with E-state index in [1.807, 2.05) is 31.2 Å². The second-order valence-corrected chi connectivity index (χ2v) is 6.54. The molecule has 134 valence electrons. The molecule has 0 saturated heterocycles. The van der Waals surface area contributed by atoms with Crippen LogP contribution in [0.3, 0.4) is 0 Å². The van der Waals surface area contributed by atoms with Crippen molar-refractivity contribution in [2.75, 3.05) is 13.7 Å². The number of hydrogen-bond acceptors (Lipinski definition) is 5. The van der Waals surface area contributed by atoms with Gasteiger partial charge < -0.3 is 14.2 Å². The third-order valence-corrected chi connectivity index (χ3v) is 4.54. The van der Waals surface area contributed by atoms with Gasteiger partial charge in [-0.25, -0.2) is 9.79 Å². The van der Waals surface area contributed by atoms with E-state index in [0.717, 1.165) is 4.47 Å². The summed E-state index contributed by atoms with van der Waals surface area (Å²) in [6, 6.07) is 10.8. The van der Waals surface area contributed by atoms with Gasteiger partial charge in [-0.2, -0.15) is 0 Å². The maximum absolute atomic E-state index is 12.2. The third kappa shape index (κ3) is 3.76. The van der Waals surface area contributed by atoms with Crippen LogP contribution in [0.5, 0.6) is 11.5 Å². The Hall–Kier alpha value is -2.31. The Balaban J connectivity index is 1.98. The van der Waals surface area contributed by atoms with Crippen molar-refractivity contribution in [2.45, 2.75) is 6.92 Å². The van der Waals surface area contributed by atoms with Crippen molar-refractivity contribution in [2.24, 2.45) is 4.99 Å². The van der Waals surface area contributed by atoms with Gasteiger partial charge in [-0.1, -0.05) is 23.7 Å². The maximum atomic E-state index is 12.2. The quantitative estimate of drug-likeness (QED) is 0.496. The Morgan fingerprint density at radius 2 is 2.08 bits per heavy atom. The highest BCUT2D eigenvalue weighted by atomic mass is 79.9. The van der Waals surface area contributed by atoms with Gasteiger partial charge in [-0.15, -0.1) is 0 Å². The number of methoxy groups -OCH3 is 1. The Labute approximate surface area is 164 Å². The molecule has 5 nitrogen and oxygen atoms in total. The van der Waals surface area contributed by atoms with Crippen LogP contribution in [0.2, 0.25) is 5.02 Å². The van der Waals surface area contributed by atoms with Crippen molar-refractivity contribution >= 4 is 45.5 Å². The summed E-state index contributed by atoms with van der Waals surface area (Å²) >= 11 is 9.69. The van der Waals surface area contributed by atoms with E-state index in [4.69, 9.17) is 25.8 Å². The molecule has 1 aliphatic rings. The van der Waals surface area contributed by atoms with Gasteiger partial charge in [0, 0.05) is 4.47 Å². The lowest BCUT2D eigenvalue weighted by Crippen LogP contribution is -2.05. The van der Waals surface area contributed by atoms with Crippen molar-refractivity contribution < 1.29 is 19.0 Å². The van der Waals surface area contributed by atoms with Crippen LogP contribution < -0.4 is 9.47 Å². The second kappa shape index (κ2) is 7.93. The summed E-state index contributed by atoms with van der Waals surface area (Å²) in [4.78, 5) is 16.5. The molecule has 0 atom stereocenters. The van der Waals surface area contributed by atoms with Crippen LogP contribution in [-0.2, 0) is 9.53 Å². The van der Waals surface area contributed by atoms with E-state index in [-0.39, 0.29) is 11.6 Å². The molecule has 0 fully saturated rings. The van der Waals surface area contributed by atoms with Gasteiger partial charge in [0.2, 0.25) is 5.90 Å². The van der Waals surface area contributed by atoms with Crippen LogP contribution in [0.25, 0.3) is 6.08 Å². The van der Waals surface area contributed by atoms with Crippen LogP contribution in [0, 0.1) is 0 Å². The summed E-state index contributed by atoms with van der Waals surface area (Å²) in [7, 11) is 1.53. The summed E-state index contributed by atoms with van der Waals surface area (Å²) < 4.78 is 16.9. The lowest BCUT2D eigenvalue weighted by atomic mass is 10.1. The van der Waals surface area contributed by atoms with Crippen LogP contribution in [0.15, 0.2) is 51.6 Å². The number of carbonyl (C=O) groups excluding carboxylic acids is 1. The first-order valence-corrected chi connectivity index (χ1v) is 8.98. The lowest BCUT2D eigenvalue weighted by Gasteiger charge is -2.11. The Bertz CT molecular complexity index is 924. The molecule has 0 aliphatic carbocycles. The number of halogens is 2. The number of nitrogens with zero attached hydrogens (tertiary/aromatic N) is 1. The summed E-state index contributed by atoms with van der Waals surface area (Å²) in [5.41, 5.74) is 1.53.